The quantitative estimate of drug-likeness (QED) is 0.845. The number of hydrogen-bond donors (Lipinski definition) is 1. The molecular formula is C17H21NO3. The van der Waals surface area contributed by atoms with Crippen molar-refractivity contribution in [3.05, 3.63) is 35.9 Å². The summed E-state index contributed by atoms with van der Waals surface area (Å²) in [7, 11) is 0. The van der Waals surface area contributed by atoms with E-state index in [0.717, 1.165) is 17.9 Å². The van der Waals surface area contributed by atoms with Crippen LogP contribution in [0.25, 0.3) is 0 Å². The molecule has 4 nitrogen and oxygen atoms in total. The highest BCUT2D eigenvalue weighted by Crippen LogP contribution is 2.48. The van der Waals surface area contributed by atoms with Crippen molar-refractivity contribution in [2.24, 2.45) is 17.8 Å². The summed E-state index contributed by atoms with van der Waals surface area (Å²) in [4.78, 5) is 23.8. The van der Waals surface area contributed by atoms with Gasteiger partial charge in [0.25, 0.3) is 0 Å². The monoisotopic (exact) mass is 287 g/mol. The van der Waals surface area contributed by atoms with Crippen molar-refractivity contribution in [1.82, 2.24) is 5.32 Å². The molecule has 3 atom stereocenters. The van der Waals surface area contributed by atoms with E-state index in [4.69, 9.17) is 4.74 Å². The number of ether oxygens (including phenoxy) is 1. The van der Waals surface area contributed by atoms with E-state index in [-0.39, 0.29) is 30.9 Å². The fourth-order valence-electron chi connectivity index (χ4n) is 3.65. The van der Waals surface area contributed by atoms with Gasteiger partial charge in [0, 0.05) is 5.92 Å². The molecule has 1 N–H and O–H groups in total. The van der Waals surface area contributed by atoms with Gasteiger partial charge in [0.15, 0.2) is 0 Å². The Morgan fingerprint density at radius 1 is 1.14 bits per heavy atom. The molecule has 1 aromatic carbocycles. The summed E-state index contributed by atoms with van der Waals surface area (Å²) in [5.74, 6) is 1.03. The van der Waals surface area contributed by atoms with Gasteiger partial charge in [-0.1, -0.05) is 36.8 Å². The van der Waals surface area contributed by atoms with Crippen molar-refractivity contribution in [3.8, 4) is 0 Å². The first-order valence-corrected chi connectivity index (χ1v) is 7.69. The lowest BCUT2D eigenvalue weighted by Gasteiger charge is -2.20. The highest BCUT2D eigenvalue weighted by atomic mass is 16.5. The van der Waals surface area contributed by atoms with E-state index in [1.54, 1.807) is 0 Å². The summed E-state index contributed by atoms with van der Waals surface area (Å²) in [6, 6.07) is 9.53. The van der Waals surface area contributed by atoms with Crippen LogP contribution in [0.2, 0.25) is 0 Å². The summed E-state index contributed by atoms with van der Waals surface area (Å²) in [6.07, 6.45) is 4.63. The zero-order valence-electron chi connectivity index (χ0n) is 12.1. The number of hydrogen-bond acceptors (Lipinski definition) is 3. The second kappa shape index (κ2) is 6.29. The Kier molecular flexibility index (Phi) is 4.23. The van der Waals surface area contributed by atoms with E-state index >= 15 is 0 Å². The van der Waals surface area contributed by atoms with Gasteiger partial charge in [-0.25, -0.2) is 0 Å². The third-order valence-electron chi connectivity index (χ3n) is 4.72. The summed E-state index contributed by atoms with van der Waals surface area (Å²) in [5.41, 5.74) is 0.949. The number of nitrogens with one attached hydrogen (secondary N) is 1. The molecule has 0 saturated heterocycles. The maximum Gasteiger partial charge on any atom is 0.325 e. The molecule has 3 rings (SSSR count). The molecular weight excluding hydrogens is 266 g/mol. The molecule has 0 spiro atoms. The van der Waals surface area contributed by atoms with E-state index < -0.39 is 0 Å². The van der Waals surface area contributed by atoms with Crippen LogP contribution >= 0.6 is 0 Å². The lowest BCUT2D eigenvalue weighted by Crippen LogP contribution is -2.37. The minimum Gasteiger partial charge on any atom is -0.460 e. The van der Waals surface area contributed by atoms with Crippen LogP contribution in [0.5, 0.6) is 0 Å². The second-order valence-corrected chi connectivity index (χ2v) is 6.15. The third-order valence-corrected chi connectivity index (χ3v) is 4.72. The van der Waals surface area contributed by atoms with Gasteiger partial charge < -0.3 is 10.1 Å². The molecule has 2 bridgehead atoms. The standard InChI is InChI=1S/C17H21NO3/c19-16(21-11-12-4-2-1-3-5-12)10-18-17(20)15-9-13-6-7-14(15)8-13/h1-5,13-15H,6-11H2,(H,18,20). The van der Waals surface area contributed by atoms with Crippen LogP contribution in [0.1, 0.15) is 31.2 Å². The number of fused-ring (bicyclic) bond motifs is 2. The number of esters is 1. The van der Waals surface area contributed by atoms with Crippen molar-refractivity contribution in [1.29, 1.82) is 0 Å². The van der Waals surface area contributed by atoms with Gasteiger partial charge in [-0.3, -0.25) is 9.59 Å². The normalized spacial score (nSPS) is 26.6. The Hall–Kier alpha value is -1.84. The number of carbonyl (C=O) groups excluding carboxylic acids is 2. The number of amides is 1. The lowest BCUT2D eigenvalue weighted by atomic mass is 9.88. The minimum atomic E-state index is -0.379. The molecule has 2 saturated carbocycles. The van der Waals surface area contributed by atoms with Gasteiger partial charge in [0.05, 0.1) is 0 Å². The molecule has 21 heavy (non-hydrogen) atoms. The SMILES string of the molecule is O=C(CNC(=O)C1CC2CCC1C2)OCc1ccccc1. The fraction of sp³-hybridized carbons (Fsp3) is 0.529. The highest BCUT2D eigenvalue weighted by molar-refractivity contribution is 5.84. The Bertz CT molecular complexity index is 514. The predicted molar refractivity (Wildman–Crippen MR) is 78.2 cm³/mol. The average molecular weight is 287 g/mol. The first kappa shape index (κ1) is 14.1. The van der Waals surface area contributed by atoms with Crippen molar-refractivity contribution in [2.45, 2.75) is 32.3 Å². The zero-order chi connectivity index (χ0) is 14.7. The highest BCUT2D eigenvalue weighted by Gasteiger charge is 2.42. The zero-order valence-corrected chi connectivity index (χ0v) is 12.1. The summed E-state index contributed by atoms with van der Waals surface area (Å²) >= 11 is 0. The minimum absolute atomic E-state index is 0.0267. The van der Waals surface area contributed by atoms with Gasteiger partial charge in [-0.05, 0) is 36.7 Å². The van der Waals surface area contributed by atoms with E-state index in [9.17, 15) is 9.59 Å². The molecule has 4 heteroatoms. The van der Waals surface area contributed by atoms with Gasteiger partial charge in [0.1, 0.15) is 13.2 Å². The van der Waals surface area contributed by atoms with E-state index in [1.165, 1.54) is 19.3 Å². The van der Waals surface area contributed by atoms with Crippen LogP contribution in [0.3, 0.4) is 0 Å². The molecule has 2 aliphatic carbocycles. The molecule has 3 unspecified atom stereocenters. The van der Waals surface area contributed by atoms with E-state index in [2.05, 4.69) is 5.32 Å². The smallest absolute Gasteiger partial charge is 0.325 e. The van der Waals surface area contributed by atoms with Gasteiger partial charge in [-0.15, -0.1) is 0 Å². The maximum absolute atomic E-state index is 12.1. The fourth-order valence-corrected chi connectivity index (χ4v) is 3.65. The topological polar surface area (TPSA) is 55.4 Å². The number of rotatable bonds is 5. The molecule has 1 amide bonds. The van der Waals surface area contributed by atoms with Gasteiger partial charge in [0.2, 0.25) is 5.91 Å². The Labute approximate surface area is 124 Å². The first-order chi connectivity index (χ1) is 10.2. The van der Waals surface area contributed by atoms with E-state index in [1.807, 2.05) is 30.3 Å². The number of carbonyl (C=O) groups is 2. The Morgan fingerprint density at radius 3 is 2.62 bits per heavy atom. The van der Waals surface area contributed by atoms with Crippen molar-refractivity contribution in [2.75, 3.05) is 6.54 Å². The van der Waals surface area contributed by atoms with Crippen LogP contribution in [-0.4, -0.2) is 18.4 Å². The van der Waals surface area contributed by atoms with Crippen molar-refractivity contribution >= 4 is 11.9 Å². The molecule has 1 aromatic rings. The summed E-state index contributed by atoms with van der Waals surface area (Å²) in [6.45, 7) is 0.225. The third kappa shape index (κ3) is 3.43. The average Bonchev–Trinajstić information content (AvgIpc) is 3.14. The van der Waals surface area contributed by atoms with Crippen LogP contribution in [0, 0.1) is 17.8 Å². The van der Waals surface area contributed by atoms with Crippen molar-refractivity contribution in [3.63, 3.8) is 0 Å². The second-order valence-electron chi connectivity index (χ2n) is 6.15. The molecule has 0 heterocycles. The molecule has 2 aliphatic rings. The molecule has 112 valence electrons. The van der Waals surface area contributed by atoms with Crippen LogP contribution in [0.15, 0.2) is 30.3 Å². The van der Waals surface area contributed by atoms with Crippen LogP contribution in [-0.2, 0) is 20.9 Å². The molecule has 2 fully saturated rings. The maximum atomic E-state index is 12.1. The molecule has 0 radical (unpaired) electrons. The Balaban J connectivity index is 1.38. The van der Waals surface area contributed by atoms with E-state index in [0.29, 0.717) is 5.92 Å². The first-order valence-electron chi connectivity index (χ1n) is 7.69. The summed E-state index contributed by atoms with van der Waals surface area (Å²) < 4.78 is 5.15. The summed E-state index contributed by atoms with van der Waals surface area (Å²) in [5, 5.41) is 2.73. The Morgan fingerprint density at radius 2 is 1.95 bits per heavy atom. The molecule has 0 aliphatic heterocycles. The number of benzene rings is 1. The van der Waals surface area contributed by atoms with Crippen molar-refractivity contribution < 1.29 is 14.3 Å². The molecule has 0 aromatic heterocycles. The van der Waals surface area contributed by atoms with Gasteiger partial charge >= 0.3 is 5.97 Å². The predicted octanol–water partition coefficient (Wildman–Crippen LogP) is 2.28. The largest absolute Gasteiger partial charge is 0.460 e. The van der Waals surface area contributed by atoms with Crippen LogP contribution in [0.4, 0.5) is 0 Å². The van der Waals surface area contributed by atoms with Gasteiger partial charge in [-0.2, -0.15) is 0 Å². The lowest BCUT2D eigenvalue weighted by molar-refractivity contribution is -0.145. The van der Waals surface area contributed by atoms with Crippen LogP contribution < -0.4 is 5.32 Å².